The first-order valence-electron chi connectivity index (χ1n) is 4.19. The smallest absolute Gasteiger partial charge is 0.0434 e. The van der Waals surface area contributed by atoms with Crippen molar-refractivity contribution >= 4 is 6.08 Å². The van der Waals surface area contributed by atoms with E-state index in [4.69, 9.17) is 5.11 Å². The monoisotopic (exact) mass is 162 g/mol. The molecule has 64 valence electrons. The van der Waals surface area contributed by atoms with Gasteiger partial charge < -0.3 is 5.11 Å². The number of aryl methyl sites for hydroxylation is 1. The fourth-order valence-electron chi connectivity index (χ4n) is 1.16. The van der Waals surface area contributed by atoms with Gasteiger partial charge in [0, 0.05) is 6.61 Å². The SMILES string of the molecule is C=Cc1cccc(CCCO)c1. The van der Waals surface area contributed by atoms with Crippen molar-refractivity contribution in [1.29, 1.82) is 0 Å². The lowest BCUT2D eigenvalue weighted by atomic mass is 10.1. The van der Waals surface area contributed by atoms with Crippen LogP contribution in [0.1, 0.15) is 17.5 Å². The third kappa shape index (κ3) is 2.51. The Labute approximate surface area is 73.4 Å². The molecule has 1 aromatic carbocycles. The second-order valence-corrected chi connectivity index (χ2v) is 2.78. The molecule has 0 fully saturated rings. The molecular formula is C11H14O. The molecule has 0 amide bonds. The number of hydrogen-bond donors (Lipinski definition) is 1. The van der Waals surface area contributed by atoms with Crippen molar-refractivity contribution < 1.29 is 5.11 Å². The summed E-state index contributed by atoms with van der Waals surface area (Å²) in [5.74, 6) is 0. The van der Waals surface area contributed by atoms with Gasteiger partial charge in [-0.3, -0.25) is 0 Å². The zero-order valence-electron chi connectivity index (χ0n) is 7.16. The van der Waals surface area contributed by atoms with Crippen LogP contribution in [0.4, 0.5) is 0 Å². The van der Waals surface area contributed by atoms with Crippen LogP contribution in [-0.2, 0) is 6.42 Å². The number of hydrogen-bond acceptors (Lipinski definition) is 1. The molecule has 0 aromatic heterocycles. The third-order valence-corrected chi connectivity index (χ3v) is 1.81. The highest BCUT2D eigenvalue weighted by Crippen LogP contribution is 2.07. The van der Waals surface area contributed by atoms with Crippen LogP contribution < -0.4 is 0 Å². The second-order valence-electron chi connectivity index (χ2n) is 2.78. The molecule has 1 rings (SSSR count). The Morgan fingerprint density at radius 1 is 1.42 bits per heavy atom. The number of aliphatic hydroxyl groups is 1. The van der Waals surface area contributed by atoms with Crippen LogP contribution in [0.3, 0.4) is 0 Å². The summed E-state index contributed by atoms with van der Waals surface area (Å²) < 4.78 is 0. The molecule has 0 saturated heterocycles. The van der Waals surface area contributed by atoms with Gasteiger partial charge in [-0.1, -0.05) is 36.9 Å². The first-order chi connectivity index (χ1) is 5.86. The summed E-state index contributed by atoms with van der Waals surface area (Å²) in [6, 6.07) is 8.21. The van der Waals surface area contributed by atoms with Crippen LogP contribution in [0, 0.1) is 0 Å². The van der Waals surface area contributed by atoms with Crippen molar-refractivity contribution in [3.05, 3.63) is 42.0 Å². The van der Waals surface area contributed by atoms with Crippen LogP contribution in [-0.4, -0.2) is 11.7 Å². The average molecular weight is 162 g/mol. The normalized spacial score (nSPS) is 9.75. The van der Waals surface area contributed by atoms with Crippen molar-refractivity contribution in [2.45, 2.75) is 12.8 Å². The zero-order valence-corrected chi connectivity index (χ0v) is 7.16. The Hall–Kier alpha value is -1.08. The summed E-state index contributed by atoms with van der Waals surface area (Å²) in [5.41, 5.74) is 2.41. The molecule has 0 atom stereocenters. The molecule has 0 heterocycles. The summed E-state index contributed by atoms with van der Waals surface area (Å²) in [6.45, 7) is 3.97. The molecule has 1 N–H and O–H groups in total. The lowest BCUT2D eigenvalue weighted by Gasteiger charge is -2.00. The van der Waals surface area contributed by atoms with Gasteiger partial charge >= 0.3 is 0 Å². The lowest BCUT2D eigenvalue weighted by molar-refractivity contribution is 0.288. The summed E-state index contributed by atoms with van der Waals surface area (Å²) in [4.78, 5) is 0. The number of rotatable bonds is 4. The highest BCUT2D eigenvalue weighted by atomic mass is 16.2. The van der Waals surface area contributed by atoms with E-state index in [1.165, 1.54) is 5.56 Å². The maximum Gasteiger partial charge on any atom is 0.0434 e. The van der Waals surface area contributed by atoms with Gasteiger partial charge in [0.2, 0.25) is 0 Å². The highest BCUT2D eigenvalue weighted by molar-refractivity contribution is 5.47. The molecule has 0 bridgehead atoms. The van der Waals surface area contributed by atoms with E-state index in [2.05, 4.69) is 18.7 Å². The molecule has 0 aliphatic heterocycles. The van der Waals surface area contributed by atoms with Gasteiger partial charge in [-0.2, -0.15) is 0 Å². The number of benzene rings is 1. The molecule has 0 spiro atoms. The molecule has 0 radical (unpaired) electrons. The third-order valence-electron chi connectivity index (χ3n) is 1.81. The highest BCUT2D eigenvalue weighted by Gasteiger charge is 1.92. The minimum atomic E-state index is 0.262. The van der Waals surface area contributed by atoms with E-state index in [0.717, 1.165) is 18.4 Å². The molecule has 1 heteroatoms. The molecule has 0 aliphatic rings. The molecular weight excluding hydrogens is 148 g/mol. The van der Waals surface area contributed by atoms with Gasteiger partial charge in [0.15, 0.2) is 0 Å². The van der Waals surface area contributed by atoms with Gasteiger partial charge in [-0.05, 0) is 24.0 Å². The molecule has 0 saturated carbocycles. The Balaban J connectivity index is 2.66. The van der Waals surface area contributed by atoms with Crippen molar-refractivity contribution in [2.75, 3.05) is 6.61 Å². The van der Waals surface area contributed by atoms with E-state index >= 15 is 0 Å². The Morgan fingerprint density at radius 3 is 2.92 bits per heavy atom. The minimum Gasteiger partial charge on any atom is -0.396 e. The summed E-state index contributed by atoms with van der Waals surface area (Å²) >= 11 is 0. The first-order valence-corrected chi connectivity index (χ1v) is 4.19. The van der Waals surface area contributed by atoms with Gasteiger partial charge in [-0.25, -0.2) is 0 Å². The van der Waals surface area contributed by atoms with Crippen LogP contribution in [0.2, 0.25) is 0 Å². The standard InChI is InChI=1S/C11H14O/c1-2-10-5-3-6-11(9-10)7-4-8-12/h2-3,5-6,9,12H,1,4,7-8H2. The van der Waals surface area contributed by atoms with E-state index in [1.54, 1.807) is 0 Å². The Bertz CT molecular complexity index is 253. The lowest BCUT2D eigenvalue weighted by Crippen LogP contribution is -1.89. The molecule has 0 aliphatic carbocycles. The van der Waals surface area contributed by atoms with E-state index in [-0.39, 0.29) is 6.61 Å². The van der Waals surface area contributed by atoms with Gasteiger partial charge in [0.1, 0.15) is 0 Å². The predicted octanol–water partition coefficient (Wildman–Crippen LogP) is 2.25. The molecule has 1 nitrogen and oxygen atoms in total. The fraction of sp³-hybridized carbons (Fsp3) is 0.273. The van der Waals surface area contributed by atoms with Crippen LogP contribution >= 0.6 is 0 Å². The van der Waals surface area contributed by atoms with Crippen LogP contribution in [0.15, 0.2) is 30.8 Å². The summed E-state index contributed by atoms with van der Waals surface area (Å²) in [7, 11) is 0. The van der Waals surface area contributed by atoms with Crippen LogP contribution in [0.25, 0.3) is 6.08 Å². The van der Waals surface area contributed by atoms with Crippen molar-refractivity contribution in [3.63, 3.8) is 0 Å². The van der Waals surface area contributed by atoms with Crippen molar-refractivity contribution in [1.82, 2.24) is 0 Å². The van der Waals surface area contributed by atoms with Crippen LogP contribution in [0.5, 0.6) is 0 Å². The van der Waals surface area contributed by atoms with Gasteiger partial charge in [-0.15, -0.1) is 0 Å². The second kappa shape index (κ2) is 4.73. The minimum absolute atomic E-state index is 0.262. The maximum atomic E-state index is 8.63. The topological polar surface area (TPSA) is 20.2 Å². The first kappa shape index (κ1) is 9.01. The summed E-state index contributed by atoms with van der Waals surface area (Å²) in [6.07, 6.45) is 3.61. The summed E-state index contributed by atoms with van der Waals surface area (Å²) in [5, 5.41) is 8.63. The fourth-order valence-corrected chi connectivity index (χ4v) is 1.16. The maximum absolute atomic E-state index is 8.63. The Kier molecular flexibility index (Phi) is 3.55. The van der Waals surface area contributed by atoms with E-state index in [9.17, 15) is 0 Å². The van der Waals surface area contributed by atoms with Gasteiger partial charge in [0.05, 0.1) is 0 Å². The average Bonchev–Trinajstić information content (AvgIpc) is 2.15. The zero-order chi connectivity index (χ0) is 8.81. The van der Waals surface area contributed by atoms with Crippen molar-refractivity contribution in [2.24, 2.45) is 0 Å². The molecule has 1 aromatic rings. The van der Waals surface area contributed by atoms with E-state index < -0.39 is 0 Å². The Morgan fingerprint density at radius 2 is 2.25 bits per heavy atom. The largest absolute Gasteiger partial charge is 0.396 e. The van der Waals surface area contributed by atoms with Gasteiger partial charge in [0.25, 0.3) is 0 Å². The van der Waals surface area contributed by atoms with E-state index in [1.807, 2.05) is 18.2 Å². The quantitative estimate of drug-likeness (QED) is 0.720. The van der Waals surface area contributed by atoms with E-state index in [0.29, 0.717) is 0 Å². The molecule has 0 unspecified atom stereocenters. The number of aliphatic hydroxyl groups excluding tert-OH is 1. The van der Waals surface area contributed by atoms with Crippen molar-refractivity contribution in [3.8, 4) is 0 Å². The molecule has 12 heavy (non-hydrogen) atoms. The predicted molar refractivity (Wildman–Crippen MR) is 51.9 cm³/mol.